The normalized spacial score (nSPS) is 15.0. The van der Waals surface area contributed by atoms with Gasteiger partial charge in [-0.15, -0.1) is 0 Å². The Kier molecular flexibility index (Phi) is 5.22. The molecule has 2 aliphatic rings. The van der Waals surface area contributed by atoms with Gasteiger partial charge >= 0.3 is 5.97 Å². The van der Waals surface area contributed by atoms with E-state index >= 15 is 0 Å². The fraction of sp³-hybridized carbons (Fsp3) is 0.273. The van der Waals surface area contributed by atoms with Crippen molar-refractivity contribution in [3.63, 3.8) is 0 Å². The molecular weight excluding hydrogens is 388 g/mol. The van der Waals surface area contributed by atoms with E-state index in [0.29, 0.717) is 16.7 Å². The lowest BCUT2D eigenvalue weighted by atomic mass is 10.1. The van der Waals surface area contributed by atoms with E-state index in [1.54, 1.807) is 36.4 Å². The maximum atomic E-state index is 12.6. The van der Waals surface area contributed by atoms with E-state index in [9.17, 15) is 19.2 Å². The molecule has 0 saturated heterocycles. The van der Waals surface area contributed by atoms with E-state index in [4.69, 9.17) is 9.47 Å². The molecule has 2 aromatic rings. The third-order valence-electron chi connectivity index (χ3n) is 4.98. The highest BCUT2D eigenvalue weighted by molar-refractivity contribution is 6.21. The summed E-state index contributed by atoms with van der Waals surface area (Å²) in [4.78, 5) is 50.5. The summed E-state index contributed by atoms with van der Waals surface area (Å²) in [5.74, 6) is -1.57. The van der Waals surface area contributed by atoms with Gasteiger partial charge < -0.3 is 14.8 Å². The molecule has 2 aromatic carbocycles. The van der Waals surface area contributed by atoms with E-state index in [1.165, 1.54) is 13.2 Å². The molecule has 8 nitrogen and oxygen atoms in total. The number of methoxy groups -OCH3 is 1. The van der Waals surface area contributed by atoms with Crippen LogP contribution in [0, 0.1) is 0 Å². The number of amides is 3. The summed E-state index contributed by atoms with van der Waals surface area (Å²) in [6.45, 7) is -0.389. The number of ether oxygens (including phenoxy) is 2. The summed E-state index contributed by atoms with van der Waals surface area (Å²) < 4.78 is 10.3. The summed E-state index contributed by atoms with van der Waals surface area (Å²) in [5.41, 5.74) is 1.39. The second-order valence-electron chi connectivity index (χ2n) is 7.19. The Morgan fingerprint density at radius 1 is 1.07 bits per heavy atom. The summed E-state index contributed by atoms with van der Waals surface area (Å²) in [6.07, 6.45) is 1.88. The maximum Gasteiger partial charge on any atom is 0.342 e. The molecule has 1 aliphatic carbocycles. The lowest BCUT2D eigenvalue weighted by molar-refractivity contribution is -0.124. The van der Waals surface area contributed by atoms with Gasteiger partial charge in [0, 0.05) is 6.04 Å². The molecule has 30 heavy (non-hydrogen) atoms. The Morgan fingerprint density at radius 2 is 1.73 bits per heavy atom. The van der Waals surface area contributed by atoms with Gasteiger partial charge in [0.25, 0.3) is 17.7 Å². The topological polar surface area (TPSA) is 102 Å². The Morgan fingerprint density at radius 3 is 2.33 bits per heavy atom. The van der Waals surface area contributed by atoms with Crippen LogP contribution < -0.4 is 10.1 Å². The highest BCUT2D eigenvalue weighted by Crippen LogP contribution is 2.27. The molecule has 0 spiro atoms. The number of hydrogen-bond acceptors (Lipinski definition) is 6. The molecule has 0 bridgehead atoms. The largest absolute Gasteiger partial charge is 0.496 e. The molecule has 1 fully saturated rings. The lowest BCUT2D eigenvalue weighted by Crippen LogP contribution is -2.30. The maximum absolute atomic E-state index is 12.6. The zero-order valence-corrected chi connectivity index (χ0v) is 16.3. The van der Waals surface area contributed by atoms with E-state index in [-0.39, 0.29) is 48.2 Å². The van der Waals surface area contributed by atoms with Crippen LogP contribution in [0.4, 0.5) is 0 Å². The van der Waals surface area contributed by atoms with Crippen molar-refractivity contribution >= 4 is 23.7 Å². The molecule has 0 aromatic heterocycles. The van der Waals surface area contributed by atoms with Gasteiger partial charge in [-0.1, -0.05) is 18.2 Å². The summed E-state index contributed by atoms with van der Waals surface area (Å²) in [6, 6.07) is 11.5. The van der Waals surface area contributed by atoms with Crippen LogP contribution in [-0.4, -0.2) is 48.3 Å². The van der Waals surface area contributed by atoms with Crippen molar-refractivity contribution in [3.05, 3.63) is 64.7 Å². The van der Waals surface area contributed by atoms with Crippen molar-refractivity contribution in [2.75, 3.05) is 13.7 Å². The number of hydrogen-bond donors (Lipinski definition) is 1. The molecule has 0 unspecified atom stereocenters. The highest BCUT2D eigenvalue weighted by atomic mass is 16.5. The lowest BCUT2D eigenvalue weighted by Gasteiger charge is -2.16. The van der Waals surface area contributed by atoms with Crippen molar-refractivity contribution in [1.82, 2.24) is 10.2 Å². The molecule has 1 aliphatic heterocycles. The van der Waals surface area contributed by atoms with E-state index < -0.39 is 5.97 Å². The zero-order valence-electron chi connectivity index (χ0n) is 16.3. The van der Waals surface area contributed by atoms with Crippen LogP contribution in [0.25, 0.3) is 0 Å². The highest BCUT2D eigenvalue weighted by Gasteiger charge is 2.35. The van der Waals surface area contributed by atoms with Crippen molar-refractivity contribution in [2.45, 2.75) is 25.4 Å². The van der Waals surface area contributed by atoms with Crippen LogP contribution in [0.5, 0.6) is 5.75 Å². The monoisotopic (exact) mass is 408 g/mol. The second-order valence-corrected chi connectivity index (χ2v) is 7.19. The standard InChI is InChI=1S/C22H20N2O6/c1-29-18-9-6-13(10-17(18)22(28)30-12-19(25)23-14-7-8-14)11-24-20(26)15-4-2-3-5-16(15)21(24)27/h2-6,9-10,14H,7-8,11-12H2,1H3,(H,23,25). The van der Waals surface area contributed by atoms with Gasteiger partial charge in [0.05, 0.1) is 24.8 Å². The molecule has 154 valence electrons. The number of imide groups is 1. The molecule has 1 saturated carbocycles. The van der Waals surface area contributed by atoms with Crippen LogP contribution in [0.15, 0.2) is 42.5 Å². The third-order valence-corrected chi connectivity index (χ3v) is 4.98. The van der Waals surface area contributed by atoms with Crippen LogP contribution in [0.1, 0.15) is 49.5 Å². The smallest absolute Gasteiger partial charge is 0.342 e. The first-order chi connectivity index (χ1) is 14.5. The molecule has 4 rings (SSSR count). The van der Waals surface area contributed by atoms with Gasteiger partial charge in [0.15, 0.2) is 6.61 Å². The molecule has 1 heterocycles. The van der Waals surface area contributed by atoms with Crippen molar-refractivity contribution in [1.29, 1.82) is 0 Å². The van der Waals surface area contributed by atoms with Gasteiger partial charge in [-0.2, -0.15) is 0 Å². The average molecular weight is 408 g/mol. The van der Waals surface area contributed by atoms with E-state index in [0.717, 1.165) is 17.7 Å². The number of rotatable bonds is 7. The molecule has 0 radical (unpaired) electrons. The quantitative estimate of drug-likeness (QED) is 0.555. The average Bonchev–Trinajstić information content (AvgIpc) is 3.54. The Bertz CT molecular complexity index is 1010. The van der Waals surface area contributed by atoms with Gasteiger partial charge in [-0.05, 0) is 42.7 Å². The van der Waals surface area contributed by atoms with Crippen LogP contribution in [0.3, 0.4) is 0 Å². The van der Waals surface area contributed by atoms with Crippen molar-refractivity contribution in [2.24, 2.45) is 0 Å². The van der Waals surface area contributed by atoms with Crippen molar-refractivity contribution < 1.29 is 28.7 Å². The molecule has 3 amide bonds. The predicted molar refractivity (Wildman–Crippen MR) is 105 cm³/mol. The van der Waals surface area contributed by atoms with Crippen molar-refractivity contribution in [3.8, 4) is 5.75 Å². The second kappa shape index (κ2) is 7.98. The summed E-state index contributed by atoms with van der Waals surface area (Å²) in [5, 5.41) is 2.74. The number of carbonyl (C=O) groups excluding carboxylic acids is 4. The number of fused-ring (bicyclic) bond motifs is 1. The minimum atomic E-state index is -0.720. The first kappa shape index (κ1) is 19.6. The first-order valence-electron chi connectivity index (χ1n) is 9.56. The minimum Gasteiger partial charge on any atom is -0.496 e. The predicted octanol–water partition coefficient (Wildman–Crippen LogP) is 1.93. The van der Waals surface area contributed by atoms with Gasteiger partial charge in [-0.3, -0.25) is 19.3 Å². The summed E-state index contributed by atoms with van der Waals surface area (Å²) in [7, 11) is 1.41. The fourth-order valence-electron chi connectivity index (χ4n) is 3.28. The summed E-state index contributed by atoms with van der Waals surface area (Å²) >= 11 is 0. The third kappa shape index (κ3) is 3.89. The van der Waals surface area contributed by atoms with Crippen LogP contribution in [-0.2, 0) is 16.1 Å². The molecular formula is C22H20N2O6. The van der Waals surface area contributed by atoms with Gasteiger partial charge in [0.2, 0.25) is 0 Å². The number of carbonyl (C=O) groups is 4. The van der Waals surface area contributed by atoms with Gasteiger partial charge in [0.1, 0.15) is 11.3 Å². The Balaban J connectivity index is 1.48. The number of esters is 1. The number of benzene rings is 2. The Hall–Kier alpha value is -3.68. The molecule has 8 heteroatoms. The molecule has 0 atom stereocenters. The van der Waals surface area contributed by atoms with E-state index in [2.05, 4.69) is 5.32 Å². The first-order valence-corrected chi connectivity index (χ1v) is 9.56. The molecule has 1 N–H and O–H groups in total. The van der Waals surface area contributed by atoms with Gasteiger partial charge in [-0.25, -0.2) is 4.79 Å². The van der Waals surface area contributed by atoms with Crippen LogP contribution in [0.2, 0.25) is 0 Å². The SMILES string of the molecule is COc1ccc(CN2C(=O)c3ccccc3C2=O)cc1C(=O)OCC(=O)NC1CC1. The number of nitrogens with zero attached hydrogens (tertiary/aromatic N) is 1. The van der Waals surface area contributed by atoms with E-state index in [1.807, 2.05) is 0 Å². The zero-order chi connectivity index (χ0) is 21.3. The Labute approximate surface area is 172 Å². The fourth-order valence-corrected chi connectivity index (χ4v) is 3.28. The minimum absolute atomic E-state index is 0.00120. The number of nitrogens with one attached hydrogen (secondary N) is 1. The van der Waals surface area contributed by atoms with Crippen LogP contribution >= 0.6 is 0 Å².